The molecule has 7 nitrogen and oxygen atoms in total. The van der Waals surface area contributed by atoms with E-state index in [0.717, 1.165) is 16.7 Å². The zero-order valence-corrected chi connectivity index (χ0v) is 21.7. The van der Waals surface area contributed by atoms with E-state index in [4.69, 9.17) is 0 Å². The molecule has 8 heteroatoms. The van der Waals surface area contributed by atoms with Crippen molar-refractivity contribution in [3.8, 4) is 0 Å². The van der Waals surface area contributed by atoms with Gasteiger partial charge < -0.3 is 9.88 Å². The topological polar surface area (TPSA) is 88.5 Å². The van der Waals surface area contributed by atoms with E-state index in [-0.39, 0.29) is 28.4 Å². The van der Waals surface area contributed by atoms with Gasteiger partial charge >= 0.3 is 0 Å². The zero-order chi connectivity index (χ0) is 26.2. The van der Waals surface area contributed by atoms with E-state index in [9.17, 15) is 18.0 Å². The molecule has 1 atom stereocenters. The third-order valence-corrected chi connectivity index (χ3v) is 8.86. The van der Waals surface area contributed by atoms with Crippen molar-refractivity contribution < 1.29 is 13.2 Å². The SMILES string of the molecule is CCn1cc(C(=O)N[C@@H](C)c2ccccc2)c(=O)c2cc(S(=O)(=O)N3CCc4ccccc4C3)ccc21. The molecule has 0 spiro atoms. The lowest BCUT2D eigenvalue weighted by Crippen LogP contribution is -2.36. The molecule has 2 heterocycles. The first-order chi connectivity index (χ1) is 17.8. The molecule has 4 aromatic rings. The number of fused-ring (bicyclic) bond motifs is 2. The second kappa shape index (κ2) is 9.95. The first-order valence-corrected chi connectivity index (χ1v) is 13.8. The highest BCUT2D eigenvalue weighted by molar-refractivity contribution is 7.89. The standard InChI is InChI=1S/C29H29N3O4S/c1-3-31-19-26(29(34)30-20(2)21-9-5-4-6-10-21)28(33)25-17-24(13-14-27(25)31)37(35,36)32-16-15-22-11-7-8-12-23(22)18-32/h4-14,17,19-20H,3,15-16,18H2,1-2H3,(H,30,34)/t20-/m0/s1. The molecule has 0 aliphatic carbocycles. The van der Waals surface area contributed by atoms with Gasteiger partial charge in [0.2, 0.25) is 15.5 Å². The van der Waals surface area contributed by atoms with Gasteiger partial charge in [0, 0.05) is 31.2 Å². The second-order valence-corrected chi connectivity index (χ2v) is 11.2. The number of aryl methyl sites for hydroxylation is 1. The number of hydrogen-bond donors (Lipinski definition) is 1. The van der Waals surface area contributed by atoms with Crippen LogP contribution in [0.2, 0.25) is 0 Å². The minimum atomic E-state index is -3.84. The Bertz CT molecular complexity index is 1650. The number of nitrogens with one attached hydrogen (secondary N) is 1. The van der Waals surface area contributed by atoms with Crippen molar-refractivity contribution in [1.29, 1.82) is 0 Å². The van der Waals surface area contributed by atoms with Crippen LogP contribution in [-0.2, 0) is 29.5 Å². The quantitative estimate of drug-likeness (QED) is 0.416. The molecule has 1 N–H and O–H groups in total. The summed E-state index contributed by atoms with van der Waals surface area (Å²) in [5, 5.41) is 3.11. The van der Waals surface area contributed by atoms with Crippen LogP contribution in [0.1, 0.15) is 46.9 Å². The Balaban J connectivity index is 1.52. The Labute approximate surface area is 216 Å². The minimum Gasteiger partial charge on any atom is -0.347 e. The smallest absolute Gasteiger partial charge is 0.257 e. The molecular weight excluding hydrogens is 486 g/mol. The lowest BCUT2D eigenvalue weighted by atomic mass is 10.0. The summed E-state index contributed by atoms with van der Waals surface area (Å²) >= 11 is 0. The summed E-state index contributed by atoms with van der Waals surface area (Å²) in [6.07, 6.45) is 2.18. The molecule has 0 saturated carbocycles. The predicted molar refractivity (Wildman–Crippen MR) is 144 cm³/mol. The third-order valence-electron chi connectivity index (χ3n) is 7.02. The Hall–Kier alpha value is -3.75. The van der Waals surface area contributed by atoms with Crippen molar-refractivity contribution in [1.82, 2.24) is 14.2 Å². The molecule has 0 bridgehead atoms. The van der Waals surface area contributed by atoms with Crippen LogP contribution in [0.25, 0.3) is 10.9 Å². The Morgan fingerprint density at radius 2 is 1.70 bits per heavy atom. The van der Waals surface area contributed by atoms with E-state index < -0.39 is 21.4 Å². The highest BCUT2D eigenvalue weighted by Gasteiger charge is 2.29. The number of amides is 1. The first-order valence-electron chi connectivity index (χ1n) is 12.4. The van der Waals surface area contributed by atoms with Gasteiger partial charge in [-0.2, -0.15) is 4.31 Å². The monoisotopic (exact) mass is 515 g/mol. The van der Waals surface area contributed by atoms with Gasteiger partial charge in [0.1, 0.15) is 5.56 Å². The van der Waals surface area contributed by atoms with E-state index >= 15 is 0 Å². The van der Waals surface area contributed by atoms with Gasteiger partial charge in [0.05, 0.1) is 16.5 Å². The summed E-state index contributed by atoms with van der Waals surface area (Å²) in [7, 11) is -3.84. The number of sulfonamides is 1. The van der Waals surface area contributed by atoms with Crippen LogP contribution in [-0.4, -0.2) is 29.7 Å². The highest BCUT2D eigenvalue weighted by atomic mass is 32.2. The van der Waals surface area contributed by atoms with Crippen LogP contribution in [0.3, 0.4) is 0 Å². The fourth-order valence-electron chi connectivity index (χ4n) is 4.88. The van der Waals surface area contributed by atoms with Gasteiger partial charge in [0.15, 0.2) is 0 Å². The highest BCUT2D eigenvalue weighted by Crippen LogP contribution is 2.26. The molecule has 3 aromatic carbocycles. The summed E-state index contributed by atoms with van der Waals surface area (Å²) in [6, 6.07) is 21.6. The number of carbonyl (C=O) groups is 1. The number of benzene rings is 3. The molecule has 1 aliphatic heterocycles. The molecule has 37 heavy (non-hydrogen) atoms. The van der Waals surface area contributed by atoms with E-state index in [1.807, 2.05) is 68.4 Å². The van der Waals surface area contributed by atoms with Crippen LogP contribution in [0.4, 0.5) is 0 Å². The largest absolute Gasteiger partial charge is 0.347 e. The number of hydrogen-bond acceptors (Lipinski definition) is 4. The molecule has 0 radical (unpaired) electrons. The molecule has 5 rings (SSSR count). The maximum absolute atomic E-state index is 13.6. The number of carbonyl (C=O) groups excluding carboxylic acids is 1. The average Bonchev–Trinajstić information content (AvgIpc) is 2.93. The van der Waals surface area contributed by atoms with Crippen LogP contribution >= 0.6 is 0 Å². The van der Waals surface area contributed by atoms with Crippen molar-refractivity contribution in [2.45, 2.75) is 44.3 Å². The summed E-state index contributed by atoms with van der Waals surface area (Å²) in [6.45, 7) is 4.94. The maximum atomic E-state index is 13.6. The molecule has 1 aliphatic rings. The van der Waals surface area contributed by atoms with Gasteiger partial charge in [0.25, 0.3) is 5.91 Å². The normalized spacial score (nSPS) is 14.8. The number of aromatic nitrogens is 1. The van der Waals surface area contributed by atoms with Crippen molar-refractivity contribution in [2.75, 3.05) is 6.54 Å². The molecule has 1 aromatic heterocycles. The summed E-state index contributed by atoms with van der Waals surface area (Å²) in [4.78, 5) is 26.7. The average molecular weight is 516 g/mol. The minimum absolute atomic E-state index is 0.0152. The van der Waals surface area contributed by atoms with E-state index in [1.54, 1.807) is 22.9 Å². The summed E-state index contributed by atoms with van der Waals surface area (Å²) in [5.41, 5.74) is 3.14. The van der Waals surface area contributed by atoms with Crippen molar-refractivity contribution in [3.63, 3.8) is 0 Å². The van der Waals surface area contributed by atoms with Crippen molar-refractivity contribution in [3.05, 3.63) is 111 Å². The van der Waals surface area contributed by atoms with Gasteiger partial charge in [-0.25, -0.2) is 8.42 Å². The van der Waals surface area contributed by atoms with Gasteiger partial charge in [-0.15, -0.1) is 0 Å². The van der Waals surface area contributed by atoms with Crippen LogP contribution in [0.15, 0.2) is 88.7 Å². The van der Waals surface area contributed by atoms with E-state index in [2.05, 4.69) is 5.32 Å². The van der Waals surface area contributed by atoms with Gasteiger partial charge in [-0.3, -0.25) is 9.59 Å². The van der Waals surface area contributed by atoms with E-state index in [1.165, 1.54) is 10.4 Å². The Kier molecular flexibility index (Phi) is 6.70. The molecule has 1 amide bonds. The number of pyridine rings is 1. The Morgan fingerprint density at radius 1 is 1.00 bits per heavy atom. The molecule has 0 fully saturated rings. The van der Waals surface area contributed by atoms with Crippen LogP contribution in [0.5, 0.6) is 0 Å². The van der Waals surface area contributed by atoms with E-state index in [0.29, 0.717) is 25.0 Å². The summed E-state index contributed by atoms with van der Waals surface area (Å²) < 4.78 is 30.4. The van der Waals surface area contributed by atoms with Crippen LogP contribution < -0.4 is 10.7 Å². The Morgan fingerprint density at radius 3 is 2.43 bits per heavy atom. The fourth-order valence-corrected chi connectivity index (χ4v) is 6.33. The van der Waals surface area contributed by atoms with Gasteiger partial charge in [-0.1, -0.05) is 54.6 Å². The molecule has 0 unspecified atom stereocenters. The third kappa shape index (κ3) is 4.70. The lowest BCUT2D eigenvalue weighted by molar-refractivity contribution is 0.0938. The zero-order valence-electron chi connectivity index (χ0n) is 20.8. The fraction of sp³-hybridized carbons (Fsp3) is 0.241. The van der Waals surface area contributed by atoms with Crippen molar-refractivity contribution >= 4 is 26.8 Å². The predicted octanol–water partition coefficient (Wildman–Crippen LogP) is 4.26. The summed E-state index contributed by atoms with van der Waals surface area (Å²) in [5.74, 6) is -0.494. The van der Waals surface area contributed by atoms with Gasteiger partial charge in [-0.05, 0) is 55.2 Å². The molecule has 0 saturated heterocycles. The number of nitrogens with zero attached hydrogens (tertiary/aromatic N) is 2. The van der Waals surface area contributed by atoms with Crippen LogP contribution in [0, 0.1) is 0 Å². The number of rotatable bonds is 6. The lowest BCUT2D eigenvalue weighted by Gasteiger charge is -2.28. The second-order valence-electron chi connectivity index (χ2n) is 9.30. The first kappa shape index (κ1) is 24.9. The maximum Gasteiger partial charge on any atom is 0.257 e. The molecule has 190 valence electrons. The molecular formula is C29H29N3O4S. The van der Waals surface area contributed by atoms with Crippen molar-refractivity contribution in [2.24, 2.45) is 0 Å².